The lowest BCUT2D eigenvalue weighted by Crippen LogP contribution is -2.51. The quantitative estimate of drug-likeness (QED) is 0.700. The van der Waals surface area contributed by atoms with Gasteiger partial charge in [-0.15, -0.1) is 0 Å². The van der Waals surface area contributed by atoms with Gasteiger partial charge in [-0.3, -0.25) is 0 Å². The molecule has 0 aromatic carbocycles. The summed E-state index contributed by atoms with van der Waals surface area (Å²) in [5, 5.41) is 9.91. The molecule has 0 saturated heterocycles. The monoisotopic (exact) mass is 193 g/mol. The van der Waals surface area contributed by atoms with Crippen molar-refractivity contribution < 1.29 is 13.9 Å². The maximum Gasteiger partial charge on any atom is 0.248 e. The molecule has 78 valence electrons. The van der Waals surface area contributed by atoms with Gasteiger partial charge >= 0.3 is 0 Å². The van der Waals surface area contributed by atoms with Crippen LogP contribution < -0.4 is 5.73 Å². The van der Waals surface area contributed by atoms with E-state index in [1.165, 1.54) is 0 Å². The van der Waals surface area contributed by atoms with Crippen LogP contribution in [0.1, 0.15) is 39.0 Å². The second-order valence-electron chi connectivity index (χ2n) is 3.97. The Balaban J connectivity index is 2.56. The van der Waals surface area contributed by atoms with E-state index in [-0.39, 0.29) is 31.7 Å². The highest BCUT2D eigenvalue weighted by Crippen LogP contribution is 2.39. The van der Waals surface area contributed by atoms with E-state index in [2.05, 4.69) is 0 Å². The number of halogens is 2. The standard InChI is InChI=1S/C9H17F2NO/c1-2-7(12)8(13)3-5-9(10,11)6-4-8/h7,13H,2-6,12H2,1H3. The van der Waals surface area contributed by atoms with Crippen molar-refractivity contribution >= 4 is 0 Å². The van der Waals surface area contributed by atoms with E-state index >= 15 is 0 Å². The zero-order valence-electron chi connectivity index (χ0n) is 7.89. The summed E-state index contributed by atoms with van der Waals surface area (Å²) in [6.45, 7) is 1.86. The number of rotatable bonds is 2. The van der Waals surface area contributed by atoms with Crippen LogP contribution >= 0.6 is 0 Å². The van der Waals surface area contributed by atoms with Gasteiger partial charge in [0.05, 0.1) is 5.60 Å². The van der Waals surface area contributed by atoms with E-state index in [0.717, 1.165) is 0 Å². The molecule has 0 aromatic rings. The van der Waals surface area contributed by atoms with E-state index in [0.29, 0.717) is 6.42 Å². The third-order valence-corrected chi connectivity index (χ3v) is 2.98. The van der Waals surface area contributed by atoms with Gasteiger partial charge in [-0.2, -0.15) is 0 Å². The summed E-state index contributed by atoms with van der Waals surface area (Å²) in [7, 11) is 0. The van der Waals surface area contributed by atoms with Crippen LogP contribution in [-0.2, 0) is 0 Å². The maximum absolute atomic E-state index is 12.8. The summed E-state index contributed by atoms with van der Waals surface area (Å²) in [5.41, 5.74) is 4.62. The minimum Gasteiger partial charge on any atom is -0.388 e. The lowest BCUT2D eigenvalue weighted by atomic mass is 9.77. The molecule has 0 bridgehead atoms. The van der Waals surface area contributed by atoms with Crippen LogP contribution in [0.3, 0.4) is 0 Å². The molecule has 1 saturated carbocycles. The predicted molar refractivity (Wildman–Crippen MR) is 46.6 cm³/mol. The number of aliphatic hydroxyl groups is 1. The van der Waals surface area contributed by atoms with Crippen molar-refractivity contribution in [2.75, 3.05) is 0 Å². The summed E-state index contributed by atoms with van der Waals surface area (Å²) in [6.07, 6.45) is 0.389. The topological polar surface area (TPSA) is 46.2 Å². The van der Waals surface area contributed by atoms with Gasteiger partial charge in [0, 0.05) is 18.9 Å². The zero-order valence-corrected chi connectivity index (χ0v) is 7.89. The molecule has 1 aliphatic carbocycles. The molecule has 0 spiro atoms. The lowest BCUT2D eigenvalue weighted by Gasteiger charge is -2.39. The number of hydrogen-bond acceptors (Lipinski definition) is 2. The van der Waals surface area contributed by atoms with Crippen molar-refractivity contribution in [2.24, 2.45) is 5.73 Å². The smallest absolute Gasteiger partial charge is 0.248 e. The fourth-order valence-corrected chi connectivity index (χ4v) is 1.80. The average molecular weight is 193 g/mol. The van der Waals surface area contributed by atoms with Crippen molar-refractivity contribution in [1.29, 1.82) is 0 Å². The highest BCUT2D eigenvalue weighted by Gasteiger charge is 2.44. The SMILES string of the molecule is CCC(N)C1(O)CCC(F)(F)CC1. The molecule has 1 atom stereocenters. The van der Waals surface area contributed by atoms with Crippen LogP contribution in [0.4, 0.5) is 8.78 Å². The number of alkyl halides is 2. The molecule has 0 aliphatic heterocycles. The van der Waals surface area contributed by atoms with Crippen molar-refractivity contribution in [3.8, 4) is 0 Å². The van der Waals surface area contributed by atoms with Gasteiger partial charge < -0.3 is 10.8 Å². The van der Waals surface area contributed by atoms with Crippen molar-refractivity contribution in [1.82, 2.24) is 0 Å². The number of hydrogen-bond donors (Lipinski definition) is 2. The Kier molecular flexibility index (Phi) is 2.92. The Bertz CT molecular complexity index is 174. The highest BCUT2D eigenvalue weighted by atomic mass is 19.3. The Hall–Kier alpha value is -0.220. The zero-order chi connectivity index (χ0) is 10.1. The number of nitrogens with two attached hydrogens (primary N) is 1. The molecular weight excluding hydrogens is 176 g/mol. The molecule has 0 radical (unpaired) electrons. The first-order valence-corrected chi connectivity index (χ1v) is 4.75. The van der Waals surface area contributed by atoms with Crippen molar-refractivity contribution in [3.63, 3.8) is 0 Å². The van der Waals surface area contributed by atoms with Crippen LogP contribution in [0, 0.1) is 0 Å². The summed E-state index contributed by atoms with van der Waals surface area (Å²) in [4.78, 5) is 0. The van der Waals surface area contributed by atoms with Gasteiger partial charge in [-0.05, 0) is 19.3 Å². The van der Waals surface area contributed by atoms with Crippen LogP contribution in [-0.4, -0.2) is 22.7 Å². The van der Waals surface area contributed by atoms with Crippen molar-refractivity contribution in [2.45, 2.75) is 56.6 Å². The third kappa shape index (κ3) is 2.38. The summed E-state index contributed by atoms with van der Waals surface area (Å²) >= 11 is 0. The highest BCUT2D eigenvalue weighted by molar-refractivity contribution is 4.95. The summed E-state index contributed by atoms with van der Waals surface area (Å²) < 4.78 is 25.5. The van der Waals surface area contributed by atoms with E-state index in [1.807, 2.05) is 6.92 Å². The second-order valence-corrected chi connectivity index (χ2v) is 3.97. The average Bonchev–Trinajstić information content (AvgIpc) is 2.09. The summed E-state index contributed by atoms with van der Waals surface area (Å²) in [6, 6.07) is -0.372. The summed E-state index contributed by atoms with van der Waals surface area (Å²) in [5.74, 6) is -2.60. The molecule has 0 amide bonds. The van der Waals surface area contributed by atoms with Crippen LogP contribution in [0.25, 0.3) is 0 Å². The first kappa shape index (κ1) is 10.9. The Morgan fingerprint density at radius 2 is 1.77 bits per heavy atom. The molecule has 0 heterocycles. The van der Waals surface area contributed by atoms with Gasteiger partial charge in [-0.1, -0.05) is 6.92 Å². The fourth-order valence-electron chi connectivity index (χ4n) is 1.80. The Morgan fingerprint density at radius 3 is 2.15 bits per heavy atom. The first-order valence-electron chi connectivity index (χ1n) is 4.75. The Morgan fingerprint density at radius 1 is 1.31 bits per heavy atom. The third-order valence-electron chi connectivity index (χ3n) is 2.98. The van der Waals surface area contributed by atoms with E-state index in [9.17, 15) is 13.9 Å². The van der Waals surface area contributed by atoms with E-state index < -0.39 is 11.5 Å². The fraction of sp³-hybridized carbons (Fsp3) is 1.00. The Labute approximate surface area is 77.1 Å². The normalized spacial score (nSPS) is 28.4. The van der Waals surface area contributed by atoms with Crippen molar-refractivity contribution in [3.05, 3.63) is 0 Å². The van der Waals surface area contributed by atoms with Gasteiger partial charge in [0.1, 0.15) is 0 Å². The molecule has 4 heteroatoms. The lowest BCUT2D eigenvalue weighted by molar-refractivity contribution is -0.112. The van der Waals surface area contributed by atoms with Crippen LogP contribution in [0.5, 0.6) is 0 Å². The minimum absolute atomic E-state index is 0.120. The minimum atomic E-state index is -2.60. The second kappa shape index (κ2) is 3.50. The van der Waals surface area contributed by atoms with Gasteiger partial charge in [0.25, 0.3) is 0 Å². The predicted octanol–water partition coefficient (Wildman–Crippen LogP) is 1.66. The molecule has 1 aliphatic rings. The van der Waals surface area contributed by atoms with Crippen LogP contribution in [0.2, 0.25) is 0 Å². The molecule has 1 fully saturated rings. The van der Waals surface area contributed by atoms with E-state index in [4.69, 9.17) is 5.73 Å². The van der Waals surface area contributed by atoms with E-state index in [1.54, 1.807) is 0 Å². The van der Waals surface area contributed by atoms with Gasteiger partial charge in [-0.25, -0.2) is 8.78 Å². The van der Waals surface area contributed by atoms with Crippen LogP contribution in [0.15, 0.2) is 0 Å². The molecule has 1 rings (SSSR count). The van der Waals surface area contributed by atoms with Gasteiger partial charge in [0.2, 0.25) is 5.92 Å². The molecule has 13 heavy (non-hydrogen) atoms. The van der Waals surface area contributed by atoms with Gasteiger partial charge in [0.15, 0.2) is 0 Å². The molecule has 1 unspecified atom stereocenters. The largest absolute Gasteiger partial charge is 0.388 e. The maximum atomic E-state index is 12.8. The molecule has 0 aromatic heterocycles. The molecule has 3 N–H and O–H groups in total. The molecule has 2 nitrogen and oxygen atoms in total. The first-order chi connectivity index (χ1) is 5.90. The molecular formula is C9H17F2NO.